The summed E-state index contributed by atoms with van der Waals surface area (Å²) in [6.45, 7) is 3.25. The smallest absolute Gasteiger partial charge is 0.164 e. The van der Waals surface area contributed by atoms with Crippen LogP contribution in [0.3, 0.4) is 0 Å². The zero-order valence-corrected chi connectivity index (χ0v) is 11.6. The fraction of sp³-hybridized carbons (Fsp3) is 0.250. The molecule has 0 aliphatic heterocycles. The van der Waals surface area contributed by atoms with Crippen LogP contribution in [0.15, 0.2) is 30.3 Å². The Hall–Kier alpha value is -1.81. The Kier molecular flexibility index (Phi) is 4.14. The van der Waals surface area contributed by atoms with Gasteiger partial charge in [0.15, 0.2) is 11.6 Å². The predicted molar refractivity (Wildman–Crippen MR) is 73.1 cm³/mol. The molecule has 0 aliphatic rings. The largest absolute Gasteiger partial charge is 0.309 e. The maximum absolute atomic E-state index is 14.1. The molecule has 0 aromatic heterocycles. The Labute approximate surface area is 116 Å². The zero-order chi connectivity index (χ0) is 14.9. The molecule has 1 atom stereocenters. The van der Waals surface area contributed by atoms with E-state index in [0.29, 0.717) is 5.56 Å². The molecule has 0 bridgehead atoms. The second kappa shape index (κ2) is 5.67. The van der Waals surface area contributed by atoms with Gasteiger partial charge in [-0.2, -0.15) is 0 Å². The first-order valence-electron chi connectivity index (χ1n) is 6.33. The minimum atomic E-state index is -0.868. The molecule has 2 aromatic carbocycles. The third kappa shape index (κ3) is 2.56. The van der Waals surface area contributed by atoms with E-state index in [1.54, 1.807) is 26.1 Å². The van der Waals surface area contributed by atoms with Gasteiger partial charge < -0.3 is 5.32 Å². The summed E-state index contributed by atoms with van der Waals surface area (Å²) in [6.07, 6.45) is 0. The number of rotatable bonds is 3. The highest BCUT2D eigenvalue weighted by Crippen LogP contribution is 2.29. The van der Waals surface area contributed by atoms with E-state index in [1.807, 2.05) is 0 Å². The third-order valence-electron chi connectivity index (χ3n) is 3.45. The molecule has 0 saturated carbocycles. The molecular formula is C16H16F3N. The molecule has 0 spiro atoms. The van der Waals surface area contributed by atoms with Crippen LogP contribution in [0.4, 0.5) is 13.2 Å². The van der Waals surface area contributed by atoms with Gasteiger partial charge in [-0.25, -0.2) is 13.2 Å². The minimum absolute atomic E-state index is 0.213. The first-order chi connectivity index (χ1) is 9.45. The van der Waals surface area contributed by atoms with Crippen LogP contribution in [0.5, 0.6) is 0 Å². The summed E-state index contributed by atoms with van der Waals surface area (Å²) in [5, 5.41) is 2.95. The summed E-state index contributed by atoms with van der Waals surface area (Å²) in [6, 6.07) is 6.85. The molecule has 1 N–H and O–H groups in total. The second-order valence-corrected chi connectivity index (χ2v) is 4.82. The number of hydrogen-bond donors (Lipinski definition) is 1. The molecule has 106 valence electrons. The van der Waals surface area contributed by atoms with Crippen LogP contribution in [0.25, 0.3) is 0 Å². The highest BCUT2D eigenvalue weighted by atomic mass is 19.2. The SMILES string of the molecule is CNC(c1ccc(F)cc1C)c1ccc(C)c(F)c1F. The first-order valence-corrected chi connectivity index (χ1v) is 6.33. The van der Waals surface area contributed by atoms with E-state index >= 15 is 0 Å². The molecule has 2 rings (SSSR count). The maximum atomic E-state index is 14.1. The molecule has 20 heavy (non-hydrogen) atoms. The molecule has 0 radical (unpaired) electrons. The van der Waals surface area contributed by atoms with Crippen molar-refractivity contribution in [2.45, 2.75) is 19.9 Å². The summed E-state index contributed by atoms with van der Waals surface area (Å²) < 4.78 is 41.0. The quantitative estimate of drug-likeness (QED) is 0.894. The fourth-order valence-corrected chi connectivity index (χ4v) is 2.33. The lowest BCUT2D eigenvalue weighted by molar-refractivity contribution is 0.482. The topological polar surface area (TPSA) is 12.0 Å². The lowest BCUT2D eigenvalue weighted by Gasteiger charge is -2.20. The normalized spacial score (nSPS) is 12.5. The number of nitrogens with one attached hydrogen (secondary N) is 1. The van der Waals surface area contributed by atoms with Gasteiger partial charge in [0.05, 0.1) is 6.04 Å². The second-order valence-electron chi connectivity index (χ2n) is 4.82. The molecular weight excluding hydrogens is 263 g/mol. The number of halogens is 3. The van der Waals surface area contributed by atoms with Gasteiger partial charge >= 0.3 is 0 Å². The van der Waals surface area contributed by atoms with E-state index in [-0.39, 0.29) is 16.9 Å². The molecule has 4 heteroatoms. The lowest BCUT2D eigenvalue weighted by Crippen LogP contribution is -2.20. The lowest BCUT2D eigenvalue weighted by atomic mass is 9.94. The van der Waals surface area contributed by atoms with Gasteiger partial charge in [0.1, 0.15) is 5.82 Å². The van der Waals surface area contributed by atoms with Crippen molar-refractivity contribution in [3.63, 3.8) is 0 Å². The third-order valence-corrected chi connectivity index (χ3v) is 3.45. The van der Waals surface area contributed by atoms with Gasteiger partial charge in [-0.15, -0.1) is 0 Å². The van der Waals surface area contributed by atoms with Crippen molar-refractivity contribution in [1.29, 1.82) is 0 Å². The molecule has 0 aliphatic carbocycles. The maximum Gasteiger partial charge on any atom is 0.164 e. The number of hydrogen-bond acceptors (Lipinski definition) is 1. The van der Waals surface area contributed by atoms with Crippen LogP contribution < -0.4 is 5.32 Å². The minimum Gasteiger partial charge on any atom is -0.309 e. The molecule has 2 aromatic rings. The van der Waals surface area contributed by atoms with Crippen molar-refractivity contribution in [2.24, 2.45) is 0 Å². The van der Waals surface area contributed by atoms with E-state index in [2.05, 4.69) is 5.32 Å². The average Bonchev–Trinajstić information content (AvgIpc) is 2.41. The van der Waals surface area contributed by atoms with E-state index in [1.165, 1.54) is 25.1 Å². The van der Waals surface area contributed by atoms with Crippen molar-refractivity contribution in [2.75, 3.05) is 7.05 Å². The zero-order valence-electron chi connectivity index (χ0n) is 11.6. The summed E-state index contributed by atoms with van der Waals surface area (Å²) in [5.74, 6) is -2.06. The highest BCUT2D eigenvalue weighted by molar-refractivity contribution is 5.39. The van der Waals surface area contributed by atoms with Crippen LogP contribution in [0.2, 0.25) is 0 Å². The summed E-state index contributed by atoms with van der Waals surface area (Å²) in [4.78, 5) is 0. The molecule has 1 nitrogen and oxygen atoms in total. The molecule has 1 unspecified atom stereocenters. The molecule has 0 amide bonds. The summed E-state index contributed by atoms with van der Waals surface area (Å²) >= 11 is 0. The van der Waals surface area contributed by atoms with Gasteiger partial charge in [0, 0.05) is 5.56 Å². The number of benzene rings is 2. The van der Waals surface area contributed by atoms with Gasteiger partial charge in [-0.1, -0.05) is 18.2 Å². The van der Waals surface area contributed by atoms with E-state index in [0.717, 1.165) is 5.56 Å². The van der Waals surface area contributed by atoms with Crippen molar-refractivity contribution >= 4 is 0 Å². The van der Waals surface area contributed by atoms with Crippen LogP contribution >= 0.6 is 0 Å². The van der Waals surface area contributed by atoms with Crippen molar-refractivity contribution in [3.8, 4) is 0 Å². The van der Waals surface area contributed by atoms with Gasteiger partial charge in [0.25, 0.3) is 0 Å². The van der Waals surface area contributed by atoms with E-state index in [4.69, 9.17) is 0 Å². The number of aryl methyl sites for hydroxylation is 2. The molecule has 0 heterocycles. The summed E-state index contributed by atoms with van der Waals surface area (Å²) in [5.41, 5.74) is 1.88. The Morgan fingerprint density at radius 2 is 1.50 bits per heavy atom. The van der Waals surface area contributed by atoms with E-state index in [9.17, 15) is 13.2 Å². The van der Waals surface area contributed by atoms with Crippen molar-refractivity contribution < 1.29 is 13.2 Å². The van der Waals surface area contributed by atoms with Crippen molar-refractivity contribution in [3.05, 3.63) is 70.0 Å². The molecule has 0 fully saturated rings. The highest BCUT2D eigenvalue weighted by Gasteiger charge is 2.21. The Morgan fingerprint density at radius 1 is 0.850 bits per heavy atom. The average molecular weight is 279 g/mol. The van der Waals surface area contributed by atoms with E-state index < -0.39 is 17.7 Å². The van der Waals surface area contributed by atoms with Gasteiger partial charge in [-0.3, -0.25) is 0 Å². The van der Waals surface area contributed by atoms with Crippen LogP contribution in [-0.4, -0.2) is 7.05 Å². The predicted octanol–water partition coefficient (Wildman–Crippen LogP) is 4.03. The van der Waals surface area contributed by atoms with Crippen LogP contribution in [-0.2, 0) is 0 Å². The first kappa shape index (κ1) is 14.6. The molecule has 0 saturated heterocycles. The van der Waals surface area contributed by atoms with Gasteiger partial charge in [0.2, 0.25) is 0 Å². The van der Waals surface area contributed by atoms with Crippen molar-refractivity contribution in [1.82, 2.24) is 5.32 Å². The van der Waals surface area contributed by atoms with Crippen LogP contribution in [0.1, 0.15) is 28.3 Å². The Bertz CT molecular complexity index is 638. The summed E-state index contributed by atoms with van der Waals surface area (Å²) in [7, 11) is 1.66. The van der Waals surface area contributed by atoms with Crippen LogP contribution in [0, 0.1) is 31.3 Å². The fourth-order valence-electron chi connectivity index (χ4n) is 2.33. The monoisotopic (exact) mass is 279 g/mol. The standard InChI is InChI=1S/C16H16F3N/c1-9-4-6-13(15(19)14(9)18)16(20-3)12-7-5-11(17)8-10(12)2/h4-8,16,20H,1-3H3. The van der Waals surface area contributed by atoms with Gasteiger partial charge in [-0.05, 0) is 49.7 Å². The Balaban J connectivity index is 2.55. The Morgan fingerprint density at radius 3 is 2.10 bits per heavy atom.